The number of rotatable bonds is 1. The number of nitrogens with one attached hydrogen (secondary N) is 1. The Balaban J connectivity index is 0.000000640. The van der Waals surface area contributed by atoms with Crippen LogP contribution in [0.5, 0.6) is 0 Å². The second-order valence-electron chi connectivity index (χ2n) is 1.24. The van der Waals surface area contributed by atoms with Gasteiger partial charge >= 0.3 is 0 Å². The van der Waals surface area contributed by atoms with Gasteiger partial charge in [-0.25, -0.2) is 4.98 Å². The zero-order chi connectivity index (χ0) is 5.98. The van der Waals surface area contributed by atoms with Crippen molar-refractivity contribution in [1.82, 2.24) is 15.2 Å². The summed E-state index contributed by atoms with van der Waals surface area (Å²) >= 11 is 0. The summed E-state index contributed by atoms with van der Waals surface area (Å²) in [6.07, 6.45) is 2.87. The first-order valence-electron chi connectivity index (χ1n) is 1.99. The molecule has 0 fully saturated rings. The molecule has 0 aliphatic carbocycles. The first kappa shape index (κ1) is 5.43. The molecule has 4 nitrogen and oxygen atoms in total. The molecule has 1 aromatic heterocycles. The average molecular weight is 133 g/mol. The van der Waals surface area contributed by atoms with Crippen LogP contribution in [0.25, 0.3) is 0 Å². The number of aromatic nitrogens is 3. The summed E-state index contributed by atoms with van der Waals surface area (Å²) in [5, 5.41) is 6.41. The highest BCUT2D eigenvalue weighted by molar-refractivity contribution is 7.84. The van der Waals surface area contributed by atoms with E-state index in [-0.39, 0.29) is 1.43 Å². The Morgan fingerprint density at radius 3 is 3.00 bits per heavy atom. The van der Waals surface area contributed by atoms with E-state index in [2.05, 4.69) is 15.2 Å². The maximum Gasteiger partial charge on any atom is 0.214 e. The normalized spacial score (nSPS) is 13.6. The molecule has 0 radical (unpaired) electrons. The molecule has 0 saturated carbocycles. The monoisotopic (exact) mass is 133 g/mol. The van der Waals surface area contributed by atoms with Crippen molar-refractivity contribution in [3.05, 3.63) is 6.33 Å². The fraction of sp³-hybridized carbons (Fsp3) is 0.333. The second-order valence-corrected chi connectivity index (χ2v) is 2.54. The number of H-pyrrole nitrogens is 1. The van der Waals surface area contributed by atoms with Gasteiger partial charge in [0.05, 0.1) is 10.8 Å². The van der Waals surface area contributed by atoms with Crippen molar-refractivity contribution in [3.8, 4) is 0 Å². The van der Waals surface area contributed by atoms with Crippen LogP contribution in [0.2, 0.25) is 0 Å². The van der Waals surface area contributed by atoms with Crippen LogP contribution in [0.1, 0.15) is 1.43 Å². The predicted octanol–water partition coefficient (Wildman–Crippen LogP) is -0.212. The Bertz CT molecular complexity index is 187. The molecule has 5 heteroatoms. The van der Waals surface area contributed by atoms with Gasteiger partial charge in [-0.15, -0.1) is 0 Å². The molecule has 0 aliphatic heterocycles. The summed E-state index contributed by atoms with van der Waals surface area (Å²) in [6.45, 7) is 0. The minimum Gasteiger partial charge on any atom is -0.252 e. The van der Waals surface area contributed by atoms with Gasteiger partial charge in [0.25, 0.3) is 0 Å². The quantitative estimate of drug-likeness (QED) is 0.576. The summed E-state index contributed by atoms with van der Waals surface area (Å²) in [5.41, 5.74) is 0. The molecule has 8 heavy (non-hydrogen) atoms. The Morgan fingerprint density at radius 1 is 2.00 bits per heavy atom. The Labute approximate surface area is 50.3 Å². The molecule has 0 spiro atoms. The second kappa shape index (κ2) is 2.04. The van der Waals surface area contributed by atoms with Crippen LogP contribution in [0.3, 0.4) is 0 Å². The van der Waals surface area contributed by atoms with Gasteiger partial charge in [-0.3, -0.25) is 9.31 Å². The molecular weight excluding hydrogens is 126 g/mol. The number of nitrogens with zero attached hydrogens (tertiary/aromatic N) is 2. The van der Waals surface area contributed by atoms with Gasteiger partial charge in [0.15, 0.2) is 0 Å². The summed E-state index contributed by atoms with van der Waals surface area (Å²) in [4.78, 5) is 3.65. The highest BCUT2D eigenvalue weighted by Gasteiger charge is 1.95. The van der Waals surface area contributed by atoms with Crippen molar-refractivity contribution in [1.29, 1.82) is 0 Å². The molecule has 0 amide bonds. The first-order valence-corrected chi connectivity index (χ1v) is 3.55. The standard InChI is InChI=1S/C3H5N3OS.H2/c1-8(7)3-4-2-5-6-3;/h2H,1H3,(H,4,5,6);1H. The Kier molecular flexibility index (Phi) is 1.38. The Hall–Kier alpha value is -0.710. The minimum atomic E-state index is -1.03. The molecule has 1 unspecified atom stereocenters. The van der Waals surface area contributed by atoms with E-state index in [1.807, 2.05) is 0 Å². The molecule has 1 aromatic rings. The van der Waals surface area contributed by atoms with E-state index in [1.165, 1.54) is 6.33 Å². The highest BCUT2D eigenvalue weighted by atomic mass is 32.2. The van der Waals surface area contributed by atoms with E-state index in [1.54, 1.807) is 6.26 Å². The maximum absolute atomic E-state index is 10.5. The molecule has 1 rings (SSSR count). The summed E-state index contributed by atoms with van der Waals surface area (Å²) < 4.78 is 10.5. The smallest absolute Gasteiger partial charge is 0.214 e. The fourth-order valence-corrected chi connectivity index (χ4v) is 0.710. The van der Waals surface area contributed by atoms with Gasteiger partial charge in [0.2, 0.25) is 5.16 Å². The molecule has 0 aliphatic rings. The van der Waals surface area contributed by atoms with Crippen molar-refractivity contribution in [2.45, 2.75) is 5.16 Å². The van der Waals surface area contributed by atoms with Crippen LogP contribution >= 0.6 is 0 Å². The fourth-order valence-electron chi connectivity index (χ4n) is 0.333. The molecule has 0 saturated heterocycles. The molecule has 1 heterocycles. The number of hydrogen-bond acceptors (Lipinski definition) is 3. The zero-order valence-electron chi connectivity index (χ0n) is 4.29. The molecule has 1 atom stereocenters. The van der Waals surface area contributed by atoms with Crippen LogP contribution in [0, 0.1) is 0 Å². The number of aromatic amines is 1. The van der Waals surface area contributed by atoms with Gasteiger partial charge in [-0.1, -0.05) is 0 Å². The van der Waals surface area contributed by atoms with Crippen molar-refractivity contribution < 1.29 is 5.64 Å². The number of hydrogen-bond donors (Lipinski definition) is 1. The largest absolute Gasteiger partial charge is 0.252 e. The maximum atomic E-state index is 10.5. The van der Waals surface area contributed by atoms with E-state index in [0.29, 0.717) is 5.16 Å². The van der Waals surface area contributed by atoms with E-state index in [0.717, 1.165) is 0 Å². The van der Waals surface area contributed by atoms with Crippen molar-refractivity contribution >= 4 is 10.8 Å². The van der Waals surface area contributed by atoms with Crippen LogP contribution in [0.4, 0.5) is 0 Å². The lowest BCUT2D eigenvalue weighted by atomic mass is 11.3. The highest BCUT2D eigenvalue weighted by Crippen LogP contribution is 1.88. The van der Waals surface area contributed by atoms with Gasteiger partial charge < -0.3 is 0 Å². The lowest BCUT2D eigenvalue weighted by Gasteiger charge is -1.80. The predicted molar refractivity (Wildman–Crippen MR) is 30.8 cm³/mol. The van der Waals surface area contributed by atoms with E-state index in [9.17, 15) is 4.21 Å². The van der Waals surface area contributed by atoms with Crippen LogP contribution in [0.15, 0.2) is 11.5 Å². The molecule has 0 aromatic carbocycles. The van der Waals surface area contributed by atoms with Crippen molar-refractivity contribution in [2.24, 2.45) is 0 Å². The minimum absolute atomic E-state index is 0. The van der Waals surface area contributed by atoms with Crippen LogP contribution < -0.4 is 0 Å². The third-order valence-electron chi connectivity index (χ3n) is 0.665. The summed E-state index contributed by atoms with van der Waals surface area (Å²) in [5.74, 6) is 0. The topological polar surface area (TPSA) is 58.6 Å². The summed E-state index contributed by atoms with van der Waals surface area (Å²) in [7, 11) is -1.03. The van der Waals surface area contributed by atoms with E-state index < -0.39 is 10.8 Å². The van der Waals surface area contributed by atoms with Gasteiger partial charge in [-0.2, -0.15) is 5.10 Å². The first-order chi connectivity index (χ1) is 3.80. The third-order valence-corrected chi connectivity index (χ3v) is 1.41. The van der Waals surface area contributed by atoms with Crippen LogP contribution in [-0.4, -0.2) is 25.6 Å². The van der Waals surface area contributed by atoms with E-state index >= 15 is 0 Å². The molecule has 46 valence electrons. The molecular formula is C3H7N3OS. The Morgan fingerprint density at radius 2 is 2.75 bits per heavy atom. The van der Waals surface area contributed by atoms with Crippen molar-refractivity contribution in [2.75, 3.05) is 6.26 Å². The van der Waals surface area contributed by atoms with Gasteiger partial charge in [0, 0.05) is 7.68 Å². The van der Waals surface area contributed by atoms with Crippen LogP contribution in [-0.2, 0) is 10.8 Å². The lowest BCUT2D eigenvalue weighted by Crippen LogP contribution is -1.88. The summed E-state index contributed by atoms with van der Waals surface area (Å²) in [6, 6.07) is 0. The van der Waals surface area contributed by atoms with Gasteiger partial charge in [-0.05, 0) is 0 Å². The average Bonchev–Trinajstić information content (AvgIpc) is 2.12. The third kappa shape index (κ3) is 0.919. The lowest BCUT2D eigenvalue weighted by molar-refractivity contribution is 0.680. The molecule has 0 bridgehead atoms. The van der Waals surface area contributed by atoms with Gasteiger partial charge in [0.1, 0.15) is 6.33 Å². The zero-order valence-corrected chi connectivity index (χ0v) is 5.10. The van der Waals surface area contributed by atoms with Crippen molar-refractivity contribution in [3.63, 3.8) is 0 Å². The SMILES string of the molecule is CS(=O)c1ncn[nH]1.[HH]. The molecule has 1 N–H and O–H groups in total. The van der Waals surface area contributed by atoms with E-state index in [4.69, 9.17) is 0 Å².